The molecule has 0 amide bonds. The maximum Gasteiger partial charge on any atom is 0.217 e. The van der Waals surface area contributed by atoms with Crippen LogP contribution in [0.5, 0.6) is 0 Å². The number of aromatic amines is 1. The molecule has 1 aliphatic rings. The summed E-state index contributed by atoms with van der Waals surface area (Å²) in [6, 6.07) is 8.15. The van der Waals surface area contributed by atoms with E-state index < -0.39 is 0 Å². The Hall–Kier alpha value is -1.81. The lowest BCUT2D eigenvalue weighted by molar-refractivity contribution is 0.825. The summed E-state index contributed by atoms with van der Waals surface area (Å²) >= 11 is 6.46. The number of halogens is 1. The Kier molecular flexibility index (Phi) is 3.51. The van der Waals surface area contributed by atoms with E-state index in [0.29, 0.717) is 12.5 Å². The number of alkyl halides is 1. The molecular weight excluding hydrogens is 260 g/mol. The summed E-state index contributed by atoms with van der Waals surface area (Å²) in [5.41, 5.74) is 2.21. The molecule has 2 heterocycles. The third-order valence-corrected chi connectivity index (χ3v) is 3.52. The van der Waals surface area contributed by atoms with Crippen molar-refractivity contribution >= 4 is 34.7 Å². The smallest absolute Gasteiger partial charge is 0.217 e. The predicted molar refractivity (Wildman–Crippen MR) is 80.3 cm³/mol. The minimum absolute atomic E-state index is 0.115. The normalized spacial score (nSPS) is 16.4. The minimum atomic E-state index is -0.115. The number of para-hydroxylation sites is 1. The molecular formula is C14H15ClN4. The van der Waals surface area contributed by atoms with E-state index in [-0.39, 0.29) is 5.38 Å². The summed E-state index contributed by atoms with van der Waals surface area (Å²) in [6.45, 7) is 1.41. The molecule has 19 heavy (non-hydrogen) atoms. The van der Waals surface area contributed by atoms with Gasteiger partial charge in [0.25, 0.3) is 0 Å². The van der Waals surface area contributed by atoms with E-state index in [1.807, 2.05) is 30.6 Å². The molecule has 1 aromatic carbocycles. The van der Waals surface area contributed by atoms with Gasteiger partial charge in [0.15, 0.2) is 0 Å². The van der Waals surface area contributed by atoms with E-state index in [0.717, 1.165) is 24.0 Å². The van der Waals surface area contributed by atoms with E-state index in [1.54, 1.807) is 0 Å². The third kappa shape index (κ3) is 2.63. The molecule has 1 aliphatic heterocycles. The van der Waals surface area contributed by atoms with E-state index >= 15 is 0 Å². The van der Waals surface area contributed by atoms with E-state index in [1.165, 1.54) is 5.39 Å². The van der Waals surface area contributed by atoms with Crippen molar-refractivity contribution in [3.63, 3.8) is 0 Å². The number of aliphatic imine (C=N–C) groups is 2. The lowest BCUT2D eigenvalue weighted by atomic mass is 10.1. The van der Waals surface area contributed by atoms with Crippen LogP contribution in [-0.2, 0) is 0 Å². The summed E-state index contributed by atoms with van der Waals surface area (Å²) in [5.74, 6) is 0.678. The fraction of sp³-hybridized carbons (Fsp3) is 0.286. The quantitative estimate of drug-likeness (QED) is 0.831. The van der Waals surface area contributed by atoms with Crippen molar-refractivity contribution in [1.82, 2.24) is 10.3 Å². The van der Waals surface area contributed by atoms with Gasteiger partial charge >= 0.3 is 0 Å². The van der Waals surface area contributed by atoms with Gasteiger partial charge in [-0.3, -0.25) is 4.99 Å². The van der Waals surface area contributed by atoms with Crippen molar-refractivity contribution in [3.8, 4) is 0 Å². The fourth-order valence-electron chi connectivity index (χ4n) is 2.17. The van der Waals surface area contributed by atoms with Crippen LogP contribution >= 0.6 is 11.6 Å². The van der Waals surface area contributed by atoms with Crippen LogP contribution in [0.1, 0.15) is 17.4 Å². The number of fused-ring (bicyclic) bond motifs is 1. The second kappa shape index (κ2) is 5.45. The number of hydrogen-bond acceptors (Lipinski definition) is 3. The molecule has 5 heteroatoms. The molecule has 1 unspecified atom stereocenters. The highest BCUT2D eigenvalue weighted by atomic mass is 35.5. The molecule has 0 fully saturated rings. The molecule has 0 spiro atoms. The molecule has 3 rings (SSSR count). The van der Waals surface area contributed by atoms with Crippen LogP contribution in [0.15, 0.2) is 40.4 Å². The van der Waals surface area contributed by atoms with Gasteiger partial charge in [0.05, 0.1) is 5.38 Å². The highest BCUT2D eigenvalue weighted by molar-refractivity contribution is 6.22. The zero-order valence-electron chi connectivity index (χ0n) is 10.4. The van der Waals surface area contributed by atoms with Crippen molar-refractivity contribution in [2.24, 2.45) is 9.98 Å². The Morgan fingerprint density at radius 2 is 2.26 bits per heavy atom. The maximum absolute atomic E-state index is 6.46. The standard InChI is InChI=1S/C14H15ClN4/c15-12(9-19-14-16-6-3-7-17-14)11-8-18-13-5-2-1-4-10(11)13/h1-2,4-6,8,12,18H,3,7,9H2,(H,17,19). The SMILES string of the molecule is ClC(CNC1=NCCC=N1)c1c[nH]c2ccccc12. The lowest BCUT2D eigenvalue weighted by Gasteiger charge is -2.12. The molecule has 2 aromatic rings. The Labute approximate surface area is 116 Å². The Morgan fingerprint density at radius 1 is 1.37 bits per heavy atom. The number of benzene rings is 1. The zero-order chi connectivity index (χ0) is 13.1. The van der Waals surface area contributed by atoms with Gasteiger partial charge < -0.3 is 10.3 Å². The Morgan fingerprint density at radius 3 is 3.11 bits per heavy atom. The average Bonchev–Trinajstić information content (AvgIpc) is 2.90. The van der Waals surface area contributed by atoms with Gasteiger partial charge in [0, 0.05) is 42.8 Å². The zero-order valence-corrected chi connectivity index (χ0v) is 11.2. The summed E-state index contributed by atoms with van der Waals surface area (Å²) in [7, 11) is 0. The Bertz CT molecular complexity index is 629. The first-order chi connectivity index (χ1) is 9.34. The number of hydrogen-bond donors (Lipinski definition) is 2. The monoisotopic (exact) mass is 274 g/mol. The number of nitrogens with zero attached hydrogens (tertiary/aromatic N) is 2. The molecule has 1 aromatic heterocycles. The van der Waals surface area contributed by atoms with Crippen molar-refractivity contribution in [3.05, 3.63) is 36.0 Å². The van der Waals surface area contributed by atoms with Crippen molar-refractivity contribution in [2.75, 3.05) is 13.1 Å². The Balaban J connectivity index is 1.71. The van der Waals surface area contributed by atoms with Crippen LogP contribution in [-0.4, -0.2) is 30.2 Å². The van der Waals surface area contributed by atoms with Gasteiger partial charge in [-0.05, 0) is 11.6 Å². The summed E-state index contributed by atoms with van der Waals surface area (Å²) in [6.07, 6.45) is 4.76. The number of guanidine groups is 1. The van der Waals surface area contributed by atoms with Crippen LogP contribution in [0.2, 0.25) is 0 Å². The van der Waals surface area contributed by atoms with Gasteiger partial charge in [-0.1, -0.05) is 18.2 Å². The summed E-state index contributed by atoms with van der Waals surface area (Å²) in [4.78, 5) is 11.7. The lowest BCUT2D eigenvalue weighted by Crippen LogP contribution is -2.27. The third-order valence-electron chi connectivity index (χ3n) is 3.13. The number of H-pyrrole nitrogens is 1. The van der Waals surface area contributed by atoms with Crippen LogP contribution < -0.4 is 5.32 Å². The summed E-state index contributed by atoms with van der Waals surface area (Å²) in [5, 5.41) is 4.23. The molecule has 0 radical (unpaired) electrons. The van der Waals surface area contributed by atoms with Crippen LogP contribution in [0.4, 0.5) is 0 Å². The fourth-order valence-corrected chi connectivity index (χ4v) is 2.42. The first kappa shape index (κ1) is 12.2. The van der Waals surface area contributed by atoms with Gasteiger partial charge in [-0.2, -0.15) is 0 Å². The first-order valence-corrected chi connectivity index (χ1v) is 6.79. The van der Waals surface area contributed by atoms with Crippen LogP contribution in [0.25, 0.3) is 10.9 Å². The van der Waals surface area contributed by atoms with Gasteiger partial charge in [-0.25, -0.2) is 4.99 Å². The van der Waals surface area contributed by atoms with Gasteiger partial charge in [-0.15, -0.1) is 11.6 Å². The second-order valence-electron chi connectivity index (χ2n) is 4.44. The van der Waals surface area contributed by atoms with Crippen molar-refractivity contribution in [1.29, 1.82) is 0 Å². The molecule has 0 bridgehead atoms. The average molecular weight is 275 g/mol. The molecule has 0 saturated carbocycles. The van der Waals surface area contributed by atoms with Crippen molar-refractivity contribution < 1.29 is 0 Å². The molecule has 0 aliphatic carbocycles. The molecule has 0 saturated heterocycles. The molecule has 2 N–H and O–H groups in total. The number of rotatable bonds is 3. The number of aromatic nitrogens is 1. The first-order valence-electron chi connectivity index (χ1n) is 6.35. The summed E-state index contributed by atoms with van der Waals surface area (Å²) < 4.78 is 0. The van der Waals surface area contributed by atoms with Gasteiger partial charge in [0.2, 0.25) is 5.96 Å². The highest BCUT2D eigenvalue weighted by Crippen LogP contribution is 2.27. The van der Waals surface area contributed by atoms with Crippen molar-refractivity contribution in [2.45, 2.75) is 11.8 Å². The molecule has 98 valence electrons. The van der Waals surface area contributed by atoms with E-state index in [9.17, 15) is 0 Å². The van der Waals surface area contributed by atoms with E-state index in [4.69, 9.17) is 11.6 Å². The minimum Gasteiger partial charge on any atom is -0.361 e. The second-order valence-corrected chi connectivity index (χ2v) is 4.97. The molecule has 1 atom stereocenters. The number of nitrogens with one attached hydrogen (secondary N) is 2. The maximum atomic E-state index is 6.46. The largest absolute Gasteiger partial charge is 0.361 e. The van der Waals surface area contributed by atoms with Gasteiger partial charge in [0.1, 0.15) is 0 Å². The molecule has 4 nitrogen and oxygen atoms in total. The topological polar surface area (TPSA) is 52.5 Å². The van der Waals surface area contributed by atoms with Crippen LogP contribution in [0, 0.1) is 0 Å². The van der Waals surface area contributed by atoms with E-state index in [2.05, 4.69) is 26.4 Å². The predicted octanol–water partition coefficient (Wildman–Crippen LogP) is 2.87. The van der Waals surface area contributed by atoms with Crippen LogP contribution in [0.3, 0.4) is 0 Å². The highest BCUT2D eigenvalue weighted by Gasteiger charge is 2.13.